The van der Waals surface area contributed by atoms with Crippen molar-refractivity contribution in [3.05, 3.63) is 50.6 Å². The molecule has 0 saturated heterocycles. The first kappa shape index (κ1) is 13.6. The Morgan fingerprint density at radius 3 is 2.89 bits per heavy atom. The van der Waals surface area contributed by atoms with Crippen LogP contribution in [0.5, 0.6) is 0 Å². The van der Waals surface area contributed by atoms with Gasteiger partial charge in [0.15, 0.2) is 0 Å². The van der Waals surface area contributed by atoms with Gasteiger partial charge in [0, 0.05) is 28.9 Å². The Balaban J connectivity index is 2.20. The van der Waals surface area contributed by atoms with Crippen molar-refractivity contribution in [3.8, 4) is 0 Å². The zero-order valence-electron chi connectivity index (χ0n) is 10.4. The third kappa shape index (κ3) is 3.13. The van der Waals surface area contributed by atoms with E-state index in [2.05, 4.69) is 51.1 Å². The molecule has 0 spiro atoms. The van der Waals surface area contributed by atoms with Crippen LogP contribution in [0.15, 0.2) is 39.5 Å². The molecule has 96 valence electrons. The van der Waals surface area contributed by atoms with Gasteiger partial charge in [0.1, 0.15) is 0 Å². The highest BCUT2D eigenvalue weighted by atomic mass is 79.9. The summed E-state index contributed by atoms with van der Waals surface area (Å²) in [7, 11) is 1.71. The molecule has 2 rings (SSSR count). The van der Waals surface area contributed by atoms with Gasteiger partial charge in [-0.25, -0.2) is 0 Å². The highest BCUT2D eigenvalue weighted by molar-refractivity contribution is 9.10. The predicted molar refractivity (Wildman–Crippen MR) is 81.2 cm³/mol. The fourth-order valence-electron chi connectivity index (χ4n) is 1.82. The molecule has 0 aliphatic carbocycles. The number of nitrogens with one attached hydrogen (secondary N) is 1. The number of benzene rings is 1. The summed E-state index contributed by atoms with van der Waals surface area (Å²) in [6.07, 6.45) is 0. The van der Waals surface area contributed by atoms with Gasteiger partial charge < -0.3 is 10.1 Å². The van der Waals surface area contributed by atoms with Crippen LogP contribution in [-0.4, -0.2) is 7.11 Å². The number of thiophene rings is 1. The minimum absolute atomic E-state index is 0.293. The molecule has 0 aliphatic rings. The standard InChI is InChI=1S/C14H16BrNOS/c1-10(11-6-7-18-9-11)16-14-5-3-4-13(15)12(14)8-17-2/h3-7,9-10,16H,8H2,1-2H3. The Labute approximate surface area is 120 Å². The van der Waals surface area contributed by atoms with Crippen molar-refractivity contribution < 1.29 is 4.74 Å². The van der Waals surface area contributed by atoms with Crippen molar-refractivity contribution in [2.75, 3.05) is 12.4 Å². The molecule has 0 aliphatic heterocycles. The van der Waals surface area contributed by atoms with Crippen molar-refractivity contribution in [3.63, 3.8) is 0 Å². The van der Waals surface area contributed by atoms with Gasteiger partial charge in [0.2, 0.25) is 0 Å². The topological polar surface area (TPSA) is 21.3 Å². The zero-order chi connectivity index (χ0) is 13.0. The maximum absolute atomic E-state index is 5.25. The summed E-state index contributed by atoms with van der Waals surface area (Å²) in [6, 6.07) is 8.60. The van der Waals surface area contributed by atoms with E-state index in [9.17, 15) is 0 Å². The van der Waals surface area contributed by atoms with Gasteiger partial charge in [-0.05, 0) is 41.4 Å². The van der Waals surface area contributed by atoms with E-state index in [1.165, 1.54) is 5.56 Å². The molecule has 1 atom stereocenters. The number of hydrogen-bond acceptors (Lipinski definition) is 3. The zero-order valence-corrected chi connectivity index (χ0v) is 12.8. The van der Waals surface area contributed by atoms with Crippen molar-refractivity contribution in [1.29, 1.82) is 0 Å². The smallest absolute Gasteiger partial charge is 0.0744 e. The van der Waals surface area contributed by atoms with E-state index >= 15 is 0 Å². The van der Waals surface area contributed by atoms with Crippen LogP contribution >= 0.6 is 27.3 Å². The Morgan fingerprint density at radius 2 is 2.22 bits per heavy atom. The molecule has 0 amide bonds. The lowest BCUT2D eigenvalue weighted by atomic mass is 10.1. The molecule has 1 N–H and O–H groups in total. The average molecular weight is 326 g/mol. The highest BCUT2D eigenvalue weighted by Gasteiger charge is 2.10. The number of methoxy groups -OCH3 is 1. The molecule has 0 fully saturated rings. The minimum Gasteiger partial charge on any atom is -0.380 e. The molecule has 2 nitrogen and oxygen atoms in total. The monoisotopic (exact) mass is 325 g/mol. The van der Waals surface area contributed by atoms with E-state index in [0.717, 1.165) is 15.7 Å². The van der Waals surface area contributed by atoms with Crippen LogP contribution in [0.3, 0.4) is 0 Å². The Morgan fingerprint density at radius 1 is 1.39 bits per heavy atom. The summed E-state index contributed by atoms with van der Waals surface area (Å²) >= 11 is 5.29. The second-order valence-corrected chi connectivity index (χ2v) is 5.76. The summed E-state index contributed by atoms with van der Waals surface area (Å²) in [6.45, 7) is 2.76. The molecule has 1 aromatic heterocycles. The van der Waals surface area contributed by atoms with Gasteiger partial charge >= 0.3 is 0 Å². The minimum atomic E-state index is 0.293. The fourth-order valence-corrected chi connectivity index (χ4v) is 3.06. The Bertz CT molecular complexity index is 499. The molecule has 1 unspecified atom stereocenters. The first-order valence-corrected chi connectivity index (χ1v) is 7.51. The lowest BCUT2D eigenvalue weighted by molar-refractivity contribution is 0.185. The molecule has 18 heavy (non-hydrogen) atoms. The number of rotatable bonds is 5. The maximum Gasteiger partial charge on any atom is 0.0744 e. The predicted octanol–water partition coefficient (Wildman–Crippen LogP) is 4.83. The fraction of sp³-hybridized carbons (Fsp3) is 0.286. The second-order valence-electron chi connectivity index (χ2n) is 4.12. The molecule has 0 bridgehead atoms. The van der Waals surface area contributed by atoms with Crippen molar-refractivity contribution >= 4 is 33.0 Å². The first-order valence-electron chi connectivity index (χ1n) is 5.77. The molecule has 1 aromatic carbocycles. The molecule has 0 saturated carbocycles. The van der Waals surface area contributed by atoms with E-state index in [1.54, 1.807) is 18.4 Å². The van der Waals surface area contributed by atoms with E-state index in [-0.39, 0.29) is 0 Å². The lowest BCUT2D eigenvalue weighted by Crippen LogP contribution is -2.08. The molecule has 4 heteroatoms. The Hall–Kier alpha value is -0.840. The van der Waals surface area contributed by atoms with Gasteiger partial charge in [0.25, 0.3) is 0 Å². The maximum atomic E-state index is 5.25. The number of anilines is 1. The number of hydrogen-bond donors (Lipinski definition) is 1. The van der Waals surface area contributed by atoms with E-state index < -0.39 is 0 Å². The Kier molecular flexibility index (Phi) is 4.80. The van der Waals surface area contributed by atoms with Crippen molar-refractivity contribution in [2.45, 2.75) is 19.6 Å². The van der Waals surface area contributed by atoms with Crippen molar-refractivity contribution in [2.24, 2.45) is 0 Å². The van der Waals surface area contributed by atoms with Crippen LogP contribution in [0.4, 0.5) is 5.69 Å². The van der Waals surface area contributed by atoms with Gasteiger partial charge in [-0.1, -0.05) is 22.0 Å². The third-order valence-electron chi connectivity index (χ3n) is 2.82. The molecule has 0 radical (unpaired) electrons. The van der Waals surface area contributed by atoms with Gasteiger partial charge in [-0.2, -0.15) is 11.3 Å². The van der Waals surface area contributed by atoms with Crippen LogP contribution in [0.25, 0.3) is 0 Å². The number of ether oxygens (including phenoxy) is 1. The van der Waals surface area contributed by atoms with Gasteiger partial charge in [-0.15, -0.1) is 0 Å². The third-order valence-corrected chi connectivity index (χ3v) is 4.27. The highest BCUT2D eigenvalue weighted by Crippen LogP contribution is 2.29. The van der Waals surface area contributed by atoms with Crippen LogP contribution < -0.4 is 5.32 Å². The summed E-state index contributed by atoms with van der Waals surface area (Å²) in [5.74, 6) is 0. The summed E-state index contributed by atoms with van der Waals surface area (Å²) < 4.78 is 6.33. The summed E-state index contributed by atoms with van der Waals surface area (Å²) in [4.78, 5) is 0. The summed E-state index contributed by atoms with van der Waals surface area (Å²) in [5.41, 5.74) is 3.58. The van der Waals surface area contributed by atoms with E-state index in [0.29, 0.717) is 12.6 Å². The van der Waals surface area contributed by atoms with Gasteiger partial charge in [0.05, 0.1) is 6.61 Å². The van der Waals surface area contributed by atoms with E-state index in [1.807, 2.05) is 12.1 Å². The van der Waals surface area contributed by atoms with Crippen LogP contribution in [-0.2, 0) is 11.3 Å². The van der Waals surface area contributed by atoms with Crippen molar-refractivity contribution in [1.82, 2.24) is 0 Å². The van der Waals surface area contributed by atoms with Crippen LogP contribution in [0.1, 0.15) is 24.1 Å². The average Bonchev–Trinajstić information content (AvgIpc) is 2.87. The molecular weight excluding hydrogens is 310 g/mol. The largest absolute Gasteiger partial charge is 0.380 e. The lowest BCUT2D eigenvalue weighted by Gasteiger charge is -2.18. The molecular formula is C14H16BrNOS. The van der Waals surface area contributed by atoms with E-state index in [4.69, 9.17) is 4.74 Å². The normalized spacial score (nSPS) is 12.4. The SMILES string of the molecule is COCc1c(Br)cccc1NC(C)c1ccsc1. The van der Waals surface area contributed by atoms with Crippen LogP contribution in [0.2, 0.25) is 0 Å². The quantitative estimate of drug-likeness (QED) is 0.850. The molecule has 2 aromatic rings. The molecule has 1 heterocycles. The first-order chi connectivity index (χ1) is 8.72. The van der Waals surface area contributed by atoms with Crippen LogP contribution in [0, 0.1) is 0 Å². The second kappa shape index (κ2) is 6.36. The van der Waals surface area contributed by atoms with Gasteiger partial charge in [-0.3, -0.25) is 0 Å². The number of halogens is 1. The summed E-state index contributed by atoms with van der Waals surface area (Å²) in [5, 5.41) is 7.81.